The van der Waals surface area contributed by atoms with Gasteiger partial charge in [0, 0.05) is 6.20 Å². The number of halogens is 1. The maximum absolute atomic E-state index is 12.0. The minimum absolute atomic E-state index is 0.0203. The molecule has 126 valence electrons. The first-order valence-electron chi connectivity index (χ1n) is 7.62. The highest BCUT2D eigenvalue weighted by Gasteiger charge is 2.20. The van der Waals surface area contributed by atoms with Crippen molar-refractivity contribution in [3.8, 4) is 0 Å². The smallest absolute Gasteiger partial charge is 0.307 e. The van der Waals surface area contributed by atoms with Crippen LogP contribution >= 0.6 is 11.6 Å². The molecule has 0 unspecified atom stereocenters. The highest BCUT2D eigenvalue weighted by molar-refractivity contribution is 6.30. The Morgan fingerprint density at radius 2 is 1.88 bits per heavy atom. The fraction of sp³-hybridized carbons (Fsp3) is 0.278. The Morgan fingerprint density at radius 1 is 1.17 bits per heavy atom. The Kier molecular flexibility index (Phi) is 6.32. The molecule has 0 spiro atoms. The molecule has 2 atom stereocenters. The minimum atomic E-state index is -0.905. The molecule has 2 aromatic rings. The van der Waals surface area contributed by atoms with E-state index in [1.54, 1.807) is 12.1 Å². The van der Waals surface area contributed by atoms with Gasteiger partial charge in [0.15, 0.2) is 6.10 Å². The number of benzene rings is 1. The SMILES string of the molecule is C[C@H](OC(=O)C[C@@H](C)c1ccccc1)C(=O)Nc1ccc(Cl)cn1. The van der Waals surface area contributed by atoms with Gasteiger partial charge in [-0.15, -0.1) is 0 Å². The van der Waals surface area contributed by atoms with Crippen LogP contribution in [0.4, 0.5) is 5.82 Å². The molecular formula is C18H19ClN2O3. The lowest BCUT2D eigenvalue weighted by atomic mass is 9.98. The van der Waals surface area contributed by atoms with Crippen molar-refractivity contribution in [1.82, 2.24) is 4.98 Å². The van der Waals surface area contributed by atoms with Crippen molar-refractivity contribution in [1.29, 1.82) is 0 Å². The van der Waals surface area contributed by atoms with E-state index in [0.29, 0.717) is 10.8 Å². The number of aromatic nitrogens is 1. The molecule has 0 radical (unpaired) electrons. The highest BCUT2D eigenvalue weighted by atomic mass is 35.5. The lowest BCUT2D eigenvalue weighted by Gasteiger charge is -2.15. The monoisotopic (exact) mass is 346 g/mol. The Balaban J connectivity index is 1.84. The summed E-state index contributed by atoms with van der Waals surface area (Å²) < 4.78 is 5.20. The summed E-state index contributed by atoms with van der Waals surface area (Å²) in [5.41, 5.74) is 1.05. The second-order valence-electron chi connectivity index (χ2n) is 5.50. The summed E-state index contributed by atoms with van der Waals surface area (Å²) in [5, 5.41) is 3.05. The van der Waals surface area contributed by atoms with Crippen LogP contribution in [-0.4, -0.2) is 23.0 Å². The van der Waals surface area contributed by atoms with Crippen LogP contribution in [0.3, 0.4) is 0 Å². The van der Waals surface area contributed by atoms with E-state index in [2.05, 4.69) is 10.3 Å². The lowest BCUT2D eigenvalue weighted by molar-refractivity contribution is -0.153. The van der Waals surface area contributed by atoms with Crippen molar-refractivity contribution in [2.24, 2.45) is 0 Å². The Hall–Kier alpha value is -2.40. The van der Waals surface area contributed by atoms with Gasteiger partial charge in [-0.2, -0.15) is 0 Å². The van der Waals surface area contributed by atoms with Gasteiger partial charge in [-0.25, -0.2) is 4.98 Å². The zero-order valence-electron chi connectivity index (χ0n) is 13.5. The Bertz CT molecular complexity index is 689. The van der Waals surface area contributed by atoms with E-state index in [0.717, 1.165) is 5.56 Å². The Labute approximate surface area is 146 Å². The lowest BCUT2D eigenvalue weighted by Crippen LogP contribution is -2.30. The summed E-state index contributed by atoms with van der Waals surface area (Å²) in [6.45, 7) is 3.47. The van der Waals surface area contributed by atoms with Gasteiger partial charge >= 0.3 is 5.97 Å². The molecule has 1 heterocycles. The van der Waals surface area contributed by atoms with Crippen molar-refractivity contribution in [2.75, 3.05) is 5.32 Å². The molecule has 24 heavy (non-hydrogen) atoms. The molecule has 6 heteroatoms. The summed E-state index contributed by atoms with van der Waals surface area (Å²) >= 11 is 5.73. The van der Waals surface area contributed by atoms with Crippen LogP contribution in [0.2, 0.25) is 5.02 Å². The zero-order valence-corrected chi connectivity index (χ0v) is 14.3. The molecule has 2 rings (SSSR count). The molecule has 0 fully saturated rings. The van der Waals surface area contributed by atoms with E-state index < -0.39 is 18.0 Å². The van der Waals surface area contributed by atoms with E-state index in [-0.39, 0.29) is 12.3 Å². The van der Waals surface area contributed by atoms with Crippen molar-refractivity contribution in [3.05, 3.63) is 59.2 Å². The summed E-state index contributed by atoms with van der Waals surface area (Å²) in [5.74, 6) is -0.486. The molecular weight excluding hydrogens is 328 g/mol. The molecule has 1 N–H and O–H groups in total. The summed E-state index contributed by atoms with van der Waals surface area (Å²) in [4.78, 5) is 28.0. The quantitative estimate of drug-likeness (QED) is 0.808. The average Bonchev–Trinajstić information content (AvgIpc) is 2.57. The molecule has 0 aliphatic rings. The number of carbonyl (C=O) groups excluding carboxylic acids is 2. The number of pyridine rings is 1. The van der Waals surface area contributed by atoms with Crippen LogP contribution in [0.1, 0.15) is 31.7 Å². The predicted molar refractivity (Wildman–Crippen MR) is 92.9 cm³/mol. The third kappa shape index (κ3) is 5.35. The first-order chi connectivity index (χ1) is 11.5. The van der Waals surface area contributed by atoms with Gasteiger partial charge in [0.05, 0.1) is 11.4 Å². The summed E-state index contributed by atoms with van der Waals surface area (Å²) in [6, 6.07) is 12.9. The zero-order chi connectivity index (χ0) is 17.5. The number of nitrogens with zero attached hydrogens (tertiary/aromatic N) is 1. The fourth-order valence-corrected chi connectivity index (χ4v) is 2.24. The van der Waals surface area contributed by atoms with E-state index in [1.807, 2.05) is 37.3 Å². The number of hydrogen-bond acceptors (Lipinski definition) is 4. The average molecular weight is 347 g/mol. The van der Waals surface area contributed by atoms with Gasteiger partial charge in [-0.3, -0.25) is 9.59 Å². The molecule has 1 aromatic carbocycles. The van der Waals surface area contributed by atoms with Crippen LogP contribution in [-0.2, 0) is 14.3 Å². The van der Waals surface area contributed by atoms with Gasteiger partial charge in [0.1, 0.15) is 5.82 Å². The Morgan fingerprint density at radius 3 is 2.50 bits per heavy atom. The highest BCUT2D eigenvalue weighted by Crippen LogP contribution is 2.19. The number of anilines is 1. The van der Waals surface area contributed by atoms with Crippen LogP contribution in [0, 0.1) is 0 Å². The molecule has 0 aliphatic carbocycles. The van der Waals surface area contributed by atoms with Gasteiger partial charge in [0.2, 0.25) is 0 Å². The van der Waals surface area contributed by atoms with E-state index in [9.17, 15) is 9.59 Å². The predicted octanol–water partition coefficient (Wildman–Crippen LogP) is 3.80. The minimum Gasteiger partial charge on any atom is -0.453 e. The van der Waals surface area contributed by atoms with Crippen molar-refractivity contribution < 1.29 is 14.3 Å². The van der Waals surface area contributed by atoms with Crippen LogP contribution < -0.4 is 5.32 Å². The van der Waals surface area contributed by atoms with Crippen molar-refractivity contribution in [3.63, 3.8) is 0 Å². The first kappa shape index (κ1) is 17.9. The number of nitrogens with one attached hydrogen (secondary N) is 1. The topological polar surface area (TPSA) is 68.3 Å². The maximum Gasteiger partial charge on any atom is 0.307 e. The van der Waals surface area contributed by atoms with Crippen LogP contribution in [0.25, 0.3) is 0 Å². The molecule has 0 bridgehead atoms. The van der Waals surface area contributed by atoms with E-state index >= 15 is 0 Å². The molecule has 0 aliphatic heterocycles. The van der Waals surface area contributed by atoms with E-state index in [1.165, 1.54) is 13.1 Å². The number of amides is 1. The van der Waals surface area contributed by atoms with Crippen molar-refractivity contribution in [2.45, 2.75) is 32.3 Å². The summed E-state index contributed by atoms with van der Waals surface area (Å²) in [6.07, 6.45) is 0.730. The number of hydrogen-bond donors (Lipinski definition) is 1. The molecule has 1 amide bonds. The molecule has 0 saturated heterocycles. The number of esters is 1. The van der Waals surface area contributed by atoms with E-state index in [4.69, 9.17) is 16.3 Å². The maximum atomic E-state index is 12.0. The van der Waals surface area contributed by atoms with Crippen LogP contribution in [0.15, 0.2) is 48.7 Å². The molecule has 0 saturated carbocycles. The summed E-state index contributed by atoms with van der Waals surface area (Å²) in [7, 11) is 0. The van der Waals surface area contributed by atoms with Gasteiger partial charge < -0.3 is 10.1 Å². The number of ether oxygens (including phenoxy) is 1. The second-order valence-corrected chi connectivity index (χ2v) is 5.94. The molecule has 5 nitrogen and oxygen atoms in total. The standard InChI is InChI=1S/C18H19ClN2O3/c1-12(14-6-4-3-5-7-14)10-17(22)24-13(2)18(23)21-16-9-8-15(19)11-20-16/h3-9,11-13H,10H2,1-2H3,(H,20,21,23)/t12-,13+/m1/s1. The van der Waals surface area contributed by atoms with Gasteiger partial charge in [-0.1, -0.05) is 48.9 Å². The third-order valence-corrected chi connectivity index (χ3v) is 3.72. The van der Waals surface area contributed by atoms with Crippen molar-refractivity contribution >= 4 is 29.3 Å². The number of carbonyl (C=O) groups is 2. The second kappa shape index (κ2) is 8.45. The molecule has 1 aromatic heterocycles. The normalized spacial score (nSPS) is 13.0. The van der Waals surface area contributed by atoms with Gasteiger partial charge in [-0.05, 0) is 30.5 Å². The van der Waals surface area contributed by atoms with Crippen LogP contribution in [0.5, 0.6) is 0 Å². The largest absolute Gasteiger partial charge is 0.453 e. The fourth-order valence-electron chi connectivity index (χ4n) is 2.13. The third-order valence-electron chi connectivity index (χ3n) is 3.50. The number of rotatable bonds is 6. The first-order valence-corrected chi connectivity index (χ1v) is 8.00. The van der Waals surface area contributed by atoms with Gasteiger partial charge in [0.25, 0.3) is 5.91 Å².